The van der Waals surface area contributed by atoms with Crippen molar-refractivity contribution < 1.29 is 14.3 Å². The van der Waals surface area contributed by atoms with E-state index >= 15 is 0 Å². The second-order valence-electron chi connectivity index (χ2n) is 4.90. The number of aryl methyl sites for hydroxylation is 1. The van der Waals surface area contributed by atoms with Gasteiger partial charge in [0.1, 0.15) is 0 Å². The van der Waals surface area contributed by atoms with E-state index in [1.165, 1.54) is 4.88 Å². The molecule has 2 aromatic rings. The van der Waals surface area contributed by atoms with Gasteiger partial charge >= 0.3 is 0 Å². The zero-order chi connectivity index (χ0) is 15.8. The van der Waals surface area contributed by atoms with Crippen LogP contribution in [-0.2, 0) is 17.8 Å². The Morgan fingerprint density at radius 2 is 2.00 bits per heavy atom. The molecule has 2 rings (SSSR count). The molecule has 0 atom stereocenters. The highest BCUT2D eigenvalue weighted by molar-refractivity contribution is 7.09. The van der Waals surface area contributed by atoms with Crippen LogP contribution in [-0.4, -0.2) is 20.1 Å². The maximum absolute atomic E-state index is 11.9. The molecule has 118 valence electrons. The number of carbonyl (C=O) groups is 1. The van der Waals surface area contributed by atoms with Gasteiger partial charge in [-0.1, -0.05) is 12.1 Å². The molecule has 0 aliphatic heterocycles. The SMILES string of the molecule is COc1ccc(CNC(=O)CCCc2cccs2)cc1OC. The van der Waals surface area contributed by atoms with E-state index in [2.05, 4.69) is 16.8 Å². The van der Waals surface area contributed by atoms with Gasteiger partial charge in [-0.15, -0.1) is 11.3 Å². The Kier molecular flexibility index (Phi) is 6.27. The lowest BCUT2D eigenvalue weighted by Gasteiger charge is -2.10. The molecule has 0 saturated carbocycles. The summed E-state index contributed by atoms with van der Waals surface area (Å²) in [5.74, 6) is 1.44. The summed E-state index contributed by atoms with van der Waals surface area (Å²) in [5, 5.41) is 5.00. The molecule has 0 fully saturated rings. The molecular weight excluding hydrogens is 298 g/mol. The van der Waals surface area contributed by atoms with Gasteiger partial charge in [0.2, 0.25) is 5.91 Å². The van der Waals surface area contributed by atoms with Crippen LogP contribution in [0, 0.1) is 0 Å². The fourth-order valence-electron chi connectivity index (χ4n) is 2.16. The summed E-state index contributed by atoms with van der Waals surface area (Å²) in [6, 6.07) is 9.79. The van der Waals surface area contributed by atoms with Crippen molar-refractivity contribution in [3.63, 3.8) is 0 Å². The molecule has 5 heteroatoms. The van der Waals surface area contributed by atoms with E-state index in [-0.39, 0.29) is 5.91 Å². The van der Waals surface area contributed by atoms with E-state index in [0.717, 1.165) is 18.4 Å². The first kappa shape index (κ1) is 16.4. The molecule has 0 aliphatic carbocycles. The van der Waals surface area contributed by atoms with Gasteiger partial charge in [-0.3, -0.25) is 4.79 Å². The topological polar surface area (TPSA) is 47.6 Å². The van der Waals surface area contributed by atoms with Gasteiger partial charge in [-0.2, -0.15) is 0 Å². The molecule has 0 bridgehead atoms. The average molecular weight is 319 g/mol. The Bertz CT molecular complexity index is 596. The van der Waals surface area contributed by atoms with Crippen LogP contribution < -0.4 is 14.8 Å². The number of amides is 1. The quantitative estimate of drug-likeness (QED) is 0.811. The molecule has 4 nitrogen and oxygen atoms in total. The van der Waals surface area contributed by atoms with Crippen molar-refractivity contribution in [1.82, 2.24) is 5.32 Å². The molecule has 1 N–H and O–H groups in total. The molecule has 1 aromatic heterocycles. The first-order chi connectivity index (χ1) is 10.7. The summed E-state index contributed by atoms with van der Waals surface area (Å²) < 4.78 is 10.4. The molecule has 1 amide bonds. The summed E-state index contributed by atoms with van der Waals surface area (Å²) in [6.07, 6.45) is 2.38. The van der Waals surface area contributed by atoms with Crippen molar-refractivity contribution in [1.29, 1.82) is 0 Å². The lowest BCUT2D eigenvalue weighted by molar-refractivity contribution is -0.121. The number of hydrogen-bond donors (Lipinski definition) is 1. The first-order valence-electron chi connectivity index (χ1n) is 7.23. The van der Waals surface area contributed by atoms with Crippen molar-refractivity contribution >= 4 is 17.2 Å². The highest BCUT2D eigenvalue weighted by Gasteiger charge is 2.06. The molecule has 1 heterocycles. The molecule has 0 aliphatic rings. The molecular formula is C17H21NO3S. The molecule has 0 spiro atoms. The van der Waals surface area contributed by atoms with Gasteiger partial charge in [-0.25, -0.2) is 0 Å². The Hall–Kier alpha value is -2.01. The van der Waals surface area contributed by atoms with Crippen molar-refractivity contribution in [2.24, 2.45) is 0 Å². The molecule has 22 heavy (non-hydrogen) atoms. The maximum Gasteiger partial charge on any atom is 0.220 e. The summed E-state index contributed by atoms with van der Waals surface area (Å²) in [6.45, 7) is 0.498. The van der Waals surface area contributed by atoms with Crippen molar-refractivity contribution in [3.8, 4) is 11.5 Å². The van der Waals surface area contributed by atoms with Crippen LogP contribution in [0.25, 0.3) is 0 Å². The number of thiophene rings is 1. The first-order valence-corrected chi connectivity index (χ1v) is 8.11. The van der Waals surface area contributed by atoms with Crippen LogP contribution in [0.1, 0.15) is 23.3 Å². The third-order valence-electron chi connectivity index (χ3n) is 3.34. The molecule has 1 aromatic carbocycles. The van der Waals surface area contributed by atoms with E-state index in [9.17, 15) is 4.79 Å². The van der Waals surface area contributed by atoms with Crippen LogP contribution in [0.4, 0.5) is 0 Å². The Morgan fingerprint density at radius 1 is 1.18 bits per heavy atom. The highest BCUT2D eigenvalue weighted by atomic mass is 32.1. The number of nitrogens with one attached hydrogen (secondary N) is 1. The van der Waals surface area contributed by atoms with Crippen molar-refractivity contribution in [2.45, 2.75) is 25.8 Å². The number of rotatable bonds is 8. The van der Waals surface area contributed by atoms with Crippen LogP contribution in [0.2, 0.25) is 0 Å². The smallest absolute Gasteiger partial charge is 0.220 e. The zero-order valence-corrected chi connectivity index (χ0v) is 13.7. The van der Waals surface area contributed by atoms with Gasteiger partial charge in [0.05, 0.1) is 14.2 Å². The van der Waals surface area contributed by atoms with Crippen LogP contribution in [0.15, 0.2) is 35.7 Å². The van der Waals surface area contributed by atoms with Gasteiger partial charge in [0.15, 0.2) is 11.5 Å². The van der Waals surface area contributed by atoms with E-state index in [4.69, 9.17) is 9.47 Å². The number of carbonyl (C=O) groups excluding carboxylic acids is 1. The lowest BCUT2D eigenvalue weighted by atomic mass is 10.2. The summed E-state index contributed by atoms with van der Waals surface area (Å²) in [5.41, 5.74) is 0.990. The molecule has 0 saturated heterocycles. The number of hydrogen-bond acceptors (Lipinski definition) is 4. The van der Waals surface area contributed by atoms with Crippen molar-refractivity contribution in [3.05, 3.63) is 46.2 Å². The van der Waals surface area contributed by atoms with E-state index in [1.807, 2.05) is 24.3 Å². The van der Waals surface area contributed by atoms with Gasteiger partial charge in [0, 0.05) is 17.8 Å². The fraction of sp³-hybridized carbons (Fsp3) is 0.353. The normalized spacial score (nSPS) is 10.3. The minimum Gasteiger partial charge on any atom is -0.493 e. The largest absolute Gasteiger partial charge is 0.493 e. The zero-order valence-electron chi connectivity index (χ0n) is 12.9. The Labute approximate surface area is 135 Å². The molecule has 0 unspecified atom stereocenters. The second-order valence-corrected chi connectivity index (χ2v) is 5.93. The second kappa shape index (κ2) is 8.44. The predicted octanol–water partition coefficient (Wildman–Crippen LogP) is 3.40. The van der Waals surface area contributed by atoms with Gasteiger partial charge < -0.3 is 14.8 Å². The van der Waals surface area contributed by atoms with E-state index < -0.39 is 0 Å². The summed E-state index contributed by atoms with van der Waals surface area (Å²) >= 11 is 1.73. The lowest BCUT2D eigenvalue weighted by Crippen LogP contribution is -2.22. The summed E-state index contributed by atoms with van der Waals surface area (Å²) in [7, 11) is 3.21. The third-order valence-corrected chi connectivity index (χ3v) is 4.28. The predicted molar refractivity (Wildman–Crippen MR) is 88.6 cm³/mol. The maximum atomic E-state index is 11.9. The standard InChI is InChI=1S/C17H21NO3S/c1-20-15-9-8-13(11-16(15)21-2)12-18-17(19)7-3-5-14-6-4-10-22-14/h4,6,8-11H,3,5,7,12H2,1-2H3,(H,18,19). The molecule has 0 radical (unpaired) electrons. The van der Waals surface area contributed by atoms with Crippen molar-refractivity contribution in [2.75, 3.05) is 14.2 Å². The summed E-state index contributed by atoms with van der Waals surface area (Å²) in [4.78, 5) is 13.2. The van der Waals surface area contributed by atoms with Gasteiger partial charge in [0.25, 0.3) is 0 Å². The average Bonchev–Trinajstić information content (AvgIpc) is 3.06. The van der Waals surface area contributed by atoms with Gasteiger partial charge in [-0.05, 0) is 42.0 Å². The van der Waals surface area contributed by atoms with Crippen LogP contribution in [0.5, 0.6) is 11.5 Å². The minimum absolute atomic E-state index is 0.0753. The minimum atomic E-state index is 0.0753. The highest BCUT2D eigenvalue weighted by Crippen LogP contribution is 2.27. The van der Waals surface area contributed by atoms with Crippen LogP contribution in [0.3, 0.4) is 0 Å². The monoisotopic (exact) mass is 319 g/mol. The third kappa shape index (κ3) is 4.77. The fourth-order valence-corrected chi connectivity index (χ4v) is 2.91. The Morgan fingerprint density at radius 3 is 2.68 bits per heavy atom. The number of ether oxygens (including phenoxy) is 2. The Balaban J connectivity index is 1.76. The van der Waals surface area contributed by atoms with E-state index in [0.29, 0.717) is 24.5 Å². The van der Waals surface area contributed by atoms with E-state index in [1.54, 1.807) is 25.6 Å². The van der Waals surface area contributed by atoms with Crippen LogP contribution >= 0.6 is 11.3 Å². The number of benzene rings is 1. The number of methoxy groups -OCH3 is 2.